The second-order valence-electron chi connectivity index (χ2n) is 2.85. The predicted octanol–water partition coefficient (Wildman–Crippen LogP) is 2.56. The number of hydrogen-bond donors (Lipinski definition) is 0. The smallest absolute Gasteiger partial charge is 0.0388 e. The van der Waals surface area contributed by atoms with E-state index >= 15 is 0 Å². The molecule has 1 fully saturated rings. The Bertz CT molecular complexity index is 232. The summed E-state index contributed by atoms with van der Waals surface area (Å²) >= 11 is 4.17. The predicted molar refractivity (Wildman–Crippen MR) is 66.1 cm³/mol. The first-order valence-electron chi connectivity index (χ1n) is 4.21. The second-order valence-corrected chi connectivity index (χ2v) is 5.31. The van der Waals surface area contributed by atoms with Gasteiger partial charge in [-0.1, -0.05) is 30.3 Å². The van der Waals surface area contributed by atoms with Gasteiger partial charge in [-0.2, -0.15) is 23.5 Å². The molecule has 1 atom stereocenters. The third kappa shape index (κ3) is 3.29. The molecule has 0 aromatic heterocycles. The Kier molecular flexibility index (Phi) is 5.43. The van der Waals surface area contributed by atoms with Crippen LogP contribution in [-0.2, 0) is 0 Å². The molecule has 1 aromatic rings. The van der Waals surface area contributed by atoms with Crippen molar-refractivity contribution < 1.29 is 0 Å². The van der Waals surface area contributed by atoms with Crippen molar-refractivity contribution in [2.24, 2.45) is 0 Å². The van der Waals surface area contributed by atoms with Crippen molar-refractivity contribution in [2.45, 2.75) is 5.25 Å². The van der Waals surface area contributed by atoms with Crippen molar-refractivity contribution in [2.75, 3.05) is 17.3 Å². The first-order chi connectivity index (χ1) is 5.97. The Labute approximate surface area is 100 Å². The zero-order valence-electron chi connectivity index (χ0n) is 6.90. The standard InChI is InChI=1S/C10H12S2.Li.H/c1-2-4-9(5-3-1)10-8-11-6-7-12-10;;/h1-5,10H,6-8H2;;. The van der Waals surface area contributed by atoms with Gasteiger partial charge in [-0.05, 0) is 5.56 Å². The number of rotatable bonds is 1. The average Bonchev–Trinajstić information content (AvgIpc) is 2.21. The summed E-state index contributed by atoms with van der Waals surface area (Å²) in [5.74, 6) is 3.92. The van der Waals surface area contributed by atoms with Gasteiger partial charge in [0.1, 0.15) is 0 Å². The van der Waals surface area contributed by atoms with E-state index in [9.17, 15) is 0 Å². The molecule has 3 heteroatoms. The molecule has 0 aliphatic carbocycles. The van der Waals surface area contributed by atoms with Crippen LogP contribution in [0.5, 0.6) is 0 Å². The summed E-state index contributed by atoms with van der Waals surface area (Å²) in [6, 6.07) is 10.8. The molecule has 0 nitrogen and oxygen atoms in total. The summed E-state index contributed by atoms with van der Waals surface area (Å²) in [5, 5.41) is 0.741. The van der Waals surface area contributed by atoms with Crippen LogP contribution < -0.4 is 0 Å². The minimum absolute atomic E-state index is 0. The molecule has 0 radical (unpaired) electrons. The maximum Gasteiger partial charge on any atom is 0.0388 e. The van der Waals surface area contributed by atoms with Gasteiger partial charge in [0.05, 0.1) is 0 Å². The number of benzene rings is 1. The van der Waals surface area contributed by atoms with Crippen molar-refractivity contribution in [1.82, 2.24) is 0 Å². The minimum Gasteiger partial charge on any atom is -0.160 e. The van der Waals surface area contributed by atoms with Gasteiger partial charge in [-0.3, -0.25) is 0 Å². The zero-order chi connectivity index (χ0) is 8.23. The summed E-state index contributed by atoms with van der Waals surface area (Å²) < 4.78 is 0. The van der Waals surface area contributed by atoms with Gasteiger partial charge in [-0.25, -0.2) is 0 Å². The largest absolute Gasteiger partial charge is 0.160 e. The third-order valence-corrected chi connectivity index (χ3v) is 4.80. The first-order valence-corrected chi connectivity index (χ1v) is 6.41. The second kappa shape index (κ2) is 6.09. The minimum atomic E-state index is 0. The van der Waals surface area contributed by atoms with E-state index in [-0.39, 0.29) is 18.9 Å². The van der Waals surface area contributed by atoms with Gasteiger partial charge in [0.2, 0.25) is 0 Å². The summed E-state index contributed by atoms with van der Waals surface area (Å²) in [5.41, 5.74) is 1.50. The van der Waals surface area contributed by atoms with Crippen LogP contribution in [0.4, 0.5) is 0 Å². The van der Waals surface area contributed by atoms with E-state index in [1.807, 2.05) is 0 Å². The van der Waals surface area contributed by atoms with Crippen LogP contribution in [0.25, 0.3) is 0 Å². The fraction of sp³-hybridized carbons (Fsp3) is 0.400. The normalized spacial score (nSPS) is 22.0. The van der Waals surface area contributed by atoms with E-state index < -0.39 is 0 Å². The van der Waals surface area contributed by atoms with Crippen LogP contribution >= 0.6 is 23.5 Å². The molecule has 13 heavy (non-hydrogen) atoms. The average molecular weight is 204 g/mol. The molecule has 1 unspecified atom stereocenters. The topological polar surface area (TPSA) is 0 Å². The summed E-state index contributed by atoms with van der Waals surface area (Å²) in [6.07, 6.45) is 0. The Morgan fingerprint density at radius 3 is 2.46 bits per heavy atom. The molecule has 66 valence electrons. The van der Waals surface area contributed by atoms with Crippen LogP contribution in [0.2, 0.25) is 0 Å². The van der Waals surface area contributed by atoms with E-state index in [1.54, 1.807) is 0 Å². The quantitative estimate of drug-likeness (QED) is 0.645. The Morgan fingerprint density at radius 2 is 1.85 bits per heavy atom. The summed E-state index contributed by atoms with van der Waals surface area (Å²) in [6.45, 7) is 0. The van der Waals surface area contributed by atoms with Crippen molar-refractivity contribution in [3.05, 3.63) is 35.9 Å². The van der Waals surface area contributed by atoms with Crippen LogP contribution in [0.3, 0.4) is 0 Å². The summed E-state index contributed by atoms with van der Waals surface area (Å²) in [7, 11) is 0. The molecule has 0 N–H and O–H groups in total. The van der Waals surface area contributed by atoms with E-state index in [0.717, 1.165) is 5.25 Å². The van der Waals surface area contributed by atoms with Crippen molar-refractivity contribution in [1.29, 1.82) is 0 Å². The molecule has 0 spiro atoms. The van der Waals surface area contributed by atoms with E-state index in [1.165, 1.54) is 22.8 Å². The van der Waals surface area contributed by atoms with Crippen molar-refractivity contribution in [3.63, 3.8) is 0 Å². The molecular formula is C10H13LiS2. The van der Waals surface area contributed by atoms with Gasteiger partial charge in [0.25, 0.3) is 0 Å². The maximum atomic E-state index is 2.24. The molecule has 1 saturated heterocycles. The van der Waals surface area contributed by atoms with E-state index in [4.69, 9.17) is 0 Å². The molecule has 1 aliphatic rings. The molecule has 0 bridgehead atoms. The monoisotopic (exact) mass is 204 g/mol. The van der Waals surface area contributed by atoms with Crippen LogP contribution in [0.1, 0.15) is 10.8 Å². The van der Waals surface area contributed by atoms with E-state index in [2.05, 4.69) is 53.9 Å². The zero-order valence-corrected chi connectivity index (χ0v) is 8.53. The molecule has 2 rings (SSSR count). The van der Waals surface area contributed by atoms with Crippen molar-refractivity contribution in [3.8, 4) is 0 Å². The Hall–Kier alpha value is 0.517. The SMILES string of the molecule is [LiH].c1ccc(C2CSCCS2)cc1. The van der Waals surface area contributed by atoms with Crippen molar-refractivity contribution >= 4 is 42.4 Å². The molecular weight excluding hydrogens is 191 g/mol. The van der Waals surface area contributed by atoms with Crippen LogP contribution in [0, 0.1) is 0 Å². The molecule has 0 amide bonds. The summed E-state index contributed by atoms with van der Waals surface area (Å²) in [4.78, 5) is 0. The van der Waals surface area contributed by atoms with Gasteiger partial charge in [0, 0.05) is 22.5 Å². The third-order valence-electron chi connectivity index (χ3n) is 1.99. The Balaban J connectivity index is 0.000000845. The van der Waals surface area contributed by atoms with Crippen LogP contribution in [0.15, 0.2) is 30.3 Å². The number of thioether (sulfide) groups is 2. The van der Waals surface area contributed by atoms with Gasteiger partial charge in [-0.15, -0.1) is 0 Å². The molecule has 1 aliphatic heterocycles. The maximum absolute atomic E-state index is 2.24. The fourth-order valence-electron chi connectivity index (χ4n) is 1.35. The molecule has 0 saturated carbocycles. The van der Waals surface area contributed by atoms with Gasteiger partial charge < -0.3 is 0 Å². The fourth-order valence-corrected chi connectivity index (χ4v) is 4.09. The van der Waals surface area contributed by atoms with Gasteiger partial charge in [0.15, 0.2) is 0 Å². The molecule has 1 aromatic carbocycles. The molecule has 1 heterocycles. The first kappa shape index (κ1) is 11.6. The van der Waals surface area contributed by atoms with E-state index in [0.29, 0.717) is 0 Å². The van der Waals surface area contributed by atoms with Gasteiger partial charge >= 0.3 is 18.9 Å². The van der Waals surface area contributed by atoms with Crippen LogP contribution in [-0.4, -0.2) is 36.1 Å². The Morgan fingerprint density at radius 1 is 1.08 bits per heavy atom. The number of hydrogen-bond acceptors (Lipinski definition) is 2.